The van der Waals surface area contributed by atoms with Crippen molar-refractivity contribution >= 4 is 5.91 Å². The third-order valence-corrected chi connectivity index (χ3v) is 5.07. The summed E-state index contributed by atoms with van der Waals surface area (Å²) < 4.78 is 13.0. The predicted molar refractivity (Wildman–Crippen MR) is 80.3 cm³/mol. The molecular formula is C17H23FN2O. The minimum absolute atomic E-state index is 0.0214. The SMILES string of the molecule is CN1C(=O)CCC[C@]12CCCN(Cc1ccc(F)cc1)C2. The van der Waals surface area contributed by atoms with Crippen LogP contribution in [0.4, 0.5) is 4.39 Å². The quantitative estimate of drug-likeness (QED) is 0.836. The van der Waals surface area contributed by atoms with Crippen LogP contribution in [0.2, 0.25) is 0 Å². The normalized spacial score (nSPS) is 27.3. The molecular weight excluding hydrogens is 267 g/mol. The Morgan fingerprint density at radius 2 is 1.90 bits per heavy atom. The molecule has 0 saturated carbocycles. The lowest BCUT2D eigenvalue weighted by molar-refractivity contribution is -0.142. The van der Waals surface area contributed by atoms with Gasteiger partial charge in [0.15, 0.2) is 0 Å². The predicted octanol–water partition coefficient (Wildman–Crippen LogP) is 2.80. The molecule has 1 aromatic rings. The second-order valence-electron chi connectivity index (χ2n) is 6.47. The van der Waals surface area contributed by atoms with Gasteiger partial charge in [-0.05, 0) is 49.9 Å². The Hall–Kier alpha value is -1.42. The maximum atomic E-state index is 13.0. The molecule has 0 N–H and O–H groups in total. The van der Waals surface area contributed by atoms with Crippen LogP contribution in [-0.4, -0.2) is 41.4 Å². The third-order valence-electron chi connectivity index (χ3n) is 5.07. The zero-order valence-corrected chi connectivity index (χ0v) is 12.6. The fourth-order valence-electron chi connectivity index (χ4n) is 3.84. The summed E-state index contributed by atoms with van der Waals surface area (Å²) in [6.45, 7) is 2.83. The molecule has 0 radical (unpaired) electrons. The average Bonchev–Trinajstić information content (AvgIpc) is 2.48. The summed E-state index contributed by atoms with van der Waals surface area (Å²) >= 11 is 0. The number of rotatable bonds is 2. The molecule has 1 aromatic carbocycles. The molecule has 0 aromatic heterocycles. The van der Waals surface area contributed by atoms with Crippen LogP contribution in [0.5, 0.6) is 0 Å². The highest BCUT2D eigenvalue weighted by Gasteiger charge is 2.42. The maximum absolute atomic E-state index is 13.0. The van der Waals surface area contributed by atoms with Gasteiger partial charge < -0.3 is 4.90 Å². The van der Waals surface area contributed by atoms with Crippen molar-refractivity contribution < 1.29 is 9.18 Å². The maximum Gasteiger partial charge on any atom is 0.222 e. The van der Waals surface area contributed by atoms with Crippen LogP contribution >= 0.6 is 0 Å². The van der Waals surface area contributed by atoms with Crippen LogP contribution < -0.4 is 0 Å². The number of halogens is 1. The van der Waals surface area contributed by atoms with Crippen LogP contribution in [0.25, 0.3) is 0 Å². The average molecular weight is 290 g/mol. The van der Waals surface area contributed by atoms with Gasteiger partial charge in [0.1, 0.15) is 5.82 Å². The van der Waals surface area contributed by atoms with Crippen LogP contribution in [0, 0.1) is 5.82 Å². The molecule has 1 atom stereocenters. The van der Waals surface area contributed by atoms with Crippen molar-refractivity contribution in [1.82, 2.24) is 9.80 Å². The number of amides is 1. The lowest BCUT2D eigenvalue weighted by atomic mass is 9.80. The van der Waals surface area contributed by atoms with E-state index in [0.29, 0.717) is 6.42 Å². The second-order valence-corrected chi connectivity index (χ2v) is 6.47. The highest BCUT2D eigenvalue weighted by Crippen LogP contribution is 2.36. The van der Waals surface area contributed by atoms with Crippen LogP contribution in [0.3, 0.4) is 0 Å². The van der Waals surface area contributed by atoms with E-state index in [2.05, 4.69) is 4.90 Å². The molecule has 21 heavy (non-hydrogen) atoms. The molecule has 3 rings (SSSR count). The van der Waals surface area contributed by atoms with E-state index in [1.54, 1.807) is 0 Å². The second kappa shape index (κ2) is 5.76. The third kappa shape index (κ3) is 2.95. The molecule has 2 fully saturated rings. The van der Waals surface area contributed by atoms with E-state index in [1.165, 1.54) is 12.1 Å². The fraction of sp³-hybridized carbons (Fsp3) is 0.588. The Labute approximate surface area is 125 Å². The number of hydrogen-bond donors (Lipinski definition) is 0. The number of hydrogen-bond acceptors (Lipinski definition) is 2. The van der Waals surface area contributed by atoms with Crippen molar-refractivity contribution in [3.63, 3.8) is 0 Å². The number of carbonyl (C=O) groups is 1. The summed E-state index contributed by atoms with van der Waals surface area (Å²) in [6, 6.07) is 6.75. The largest absolute Gasteiger partial charge is 0.339 e. The van der Waals surface area contributed by atoms with Crippen LogP contribution in [0.1, 0.15) is 37.7 Å². The summed E-state index contributed by atoms with van der Waals surface area (Å²) in [5.41, 5.74) is 1.16. The monoisotopic (exact) mass is 290 g/mol. The number of benzene rings is 1. The topological polar surface area (TPSA) is 23.6 Å². The molecule has 4 heteroatoms. The summed E-state index contributed by atoms with van der Waals surface area (Å²) in [4.78, 5) is 16.4. The Kier molecular flexibility index (Phi) is 3.98. The molecule has 0 unspecified atom stereocenters. The van der Waals surface area contributed by atoms with Crippen molar-refractivity contribution in [2.24, 2.45) is 0 Å². The molecule has 1 amide bonds. The van der Waals surface area contributed by atoms with Gasteiger partial charge in [-0.25, -0.2) is 4.39 Å². The van der Waals surface area contributed by atoms with Gasteiger partial charge in [-0.2, -0.15) is 0 Å². The lowest BCUT2D eigenvalue weighted by Gasteiger charge is -2.50. The number of likely N-dealkylation sites (tertiary alicyclic amines) is 2. The summed E-state index contributed by atoms with van der Waals surface area (Å²) in [5.74, 6) is 0.0938. The van der Waals surface area contributed by atoms with Gasteiger partial charge in [-0.3, -0.25) is 9.69 Å². The number of piperidine rings is 2. The molecule has 114 valence electrons. The first-order chi connectivity index (χ1) is 10.1. The van der Waals surface area contributed by atoms with Gasteiger partial charge in [0.2, 0.25) is 5.91 Å². The van der Waals surface area contributed by atoms with E-state index in [-0.39, 0.29) is 17.3 Å². The molecule has 2 aliphatic rings. The van der Waals surface area contributed by atoms with Crippen molar-refractivity contribution in [3.8, 4) is 0 Å². The first kappa shape index (κ1) is 14.5. The zero-order chi connectivity index (χ0) is 14.9. The highest BCUT2D eigenvalue weighted by atomic mass is 19.1. The summed E-state index contributed by atoms with van der Waals surface area (Å²) in [6.07, 6.45) is 5.03. The Morgan fingerprint density at radius 1 is 1.19 bits per heavy atom. The zero-order valence-electron chi connectivity index (χ0n) is 12.6. The van der Waals surface area contributed by atoms with Crippen molar-refractivity contribution in [2.45, 2.75) is 44.2 Å². The molecule has 2 aliphatic heterocycles. The van der Waals surface area contributed by atoms with Crippen molar-refractivity contribution in [1.29, 1.82) is 0 Å². The van der Waals surface area contributed by atoms with Gasteiger partial charge in [0.05, 0.1) is 5.54 Å². The summed E-state index contributed by atoms with van der Waals surface area (Å²) in [5, 5.41) is 0. The van der Waals surface area contributed by atoms with E-state index >= 15 is 0 Å². The van der Waals surface area contributed by atoms with Gasteiger partial charge >= 0.3 is 0 Å². The Balaban J connectivity index is 1.70. The van der Waals surface area contributed by atoms with Gasteiger partial charge in [-0.1, -0.05) is 12.1 Å². The first-order valence-corrected chi connectivity index (χ1v) is 7.83. The molecule has 3 nitrogen and oxygen atoms in total. The van der Waals surface area contributed by atoms with Crippen molar-refractivity contribution in [2.75, 3.05) is 20.1 Å². The molecule has 1 spiro atoms. The number of likely N-dealkylation sites (N-methyl/N-ethyl adjacent to an activating group) is 1. The van der Waals surface area contributed by atoms with Crippen LogP contribution in [0.15, 0.2) is 24.3 Å². The van der Waals surface area contributed by atoms with E-state index in [4.69, 9.17) is 0 Å². The van der Waals surface area contributed by atoms with E-state index in [0.717, 1.165) is 50.9 Å². The smallest absolute Gasteiger partial charge is 0.222 e. The first-order valence-electron chi connectivity index (χ1n) is 7.83. The van der Waals surface area contributed by atoms with Crippen molar-refractivity contribution in [3.05, 3.63) is 35.6 Å². The minimum Gasteiger partial charge on any atom is -0.339 e. The molecule has 0 aliphatic carbocycles. The van der Waals surface area contributed by atoms with Gasteiger partial charge in [-0.15, -0.1) is 0 Å². The van der Waals surface area contributed by atoms with Crippen LogP contribution in [-0.2, 0) is 11.3 Å². The highest BCUT2D eigenvalue weighted by molar-refractivity contribution is 5.77. The van der Waals surface area contributed by atoms with E-state index in [1.807, 2.05) is 24.1 Å². The number of carbonyl (C=O) groups excluding carboxylic acids is 1. The molecule has 2 saturated heterocycles. The summed E-state index contributed by atoms with van der Waals surface area (Å²) in [7, 11) is 1.96. The Morgan fingerprint density at radius 3 is 2.67 bits per heavy atom. The standard InChI is InChI=1S/C17H23FN2O/c1-19-16(21)4-2-9-17(19)10-3-11-20(13-17)12-14-5-7-15(18)8-6-14/h5-8H,2-4,9-13H2,1H3/t17-/m1/s1. The number of nitrogens with zero attached hydrogens (tertiary/aromatic N) is 2. The lowest BCUT2D eigenvalue weighted by Crippen LogP contribution is -2.60. The Bertz CT molecular complexity index is 512. The fourth-order valence-corrected chi connectivity index (χ4v) is 3.84. The minimum atomic E-state index is -0.188. The molecule has 2 heterocycles. The van der Waals surface area contributed by atoms with E-state index in [9.17, 15) is 9.18 Å². The van der Waals surface area contributed by atoms with Gasteiger partial charge in [0.25, 0.3) is 0 Å². The van der Waals surface area contributed by atoms with E-state index < -0.39 is 0 Å². The molecule has 0 bridgehead atoms. The van der Waals surface area contributed by atoms with Gasteiger partial charge in [0, 0.05) is 26.6 Å².